The molecular formula is C25H26N2O5. The van der Waals surface area contributed by atoms with Gasteiger partial charge in [-0.05, 0) is 36.8 Å². The van der Waals surface area contributed by atoms with E-state index >= 15 is 0 Å². The molecule has 0 saturated heterocycles. The zero-order valence-corrected chi connectivity index (χ0v) is 17.9. The molecule has 0 unspecified atom stereocenters. The Morgan fingerprint density at radius 3 is 2.75 bits per heavy atom. The second-order valence-electron chi connectivity index (χ2n) is 7.89. The van der Waals surface area contributed by atoms with E-state index in [2.05, 4.69) is 6.58 Å². The Labute approximate surface area is 186 Å². The third kappa shape index (κ3) is 3.39. The average Bonchev–Trinajstić information content (AvgIpc) is 3.01. The first-order valence-electron chi connectivity index (χ1n) is 10.6. The van der Waals surface area contributed by atoms with Crippen LogP contribution in [0.2, 0.25) is 0 Å². The molecule has 7 heteroatoms. The zero-order valence-electron chi connectivity index (χ0n) is 17.9. The van der Waals surface area contributed by atoms with Crippen LogP contribution in [-0.2, 0) is 15.2 Å². The Hall–Kier alpha value is -3.42. The lowest BCUT2D eigenvalue weighted by atomic mass is 9.82. The summed E-state index contributed by atoms with van der Waals surface area (Å²) in [6.07, 6.45) is 5.51. The van der Waals surface area contributed by atoms with Crippen LogP contribution in [0.3, 0.4) is 0 Å². The van der Waals surface area contributed by atoms with Gasteiger partial charge < -0.3 is 19.8 Å². The minimum atomic E-state index is -1.81. The van der Waals surface area contributed by atoms with Crippen molar-refractivity contribution in [3.05, 3.63) is 72.8 Å². The van der Waals surface area contributed by atoms with Crippen LogP contribution < -0.4 is 14.5 Å². The highest BCUT2D eigenvalue weighted by Crippen LogP contribution is 2.48. The van der Waals surface area contributed by atoms with E-state index in [4.69, 9.17) is 9.84 Å². The summed E-state index contributed by atoms with van der Waals surface area (Å²) >= 11 is 0. The standard InChI is InChI=1S/C25H26N2O5/c1-3-13-26-20-12-11-18(27-21-9-4-5-10-22(21)32-16-23(27)29)15-19(20)25(31,24(26)30)17(2)8-6-7-14-28/h3-6,8-12,15,17,28,31H,1,7,13-14,16H2,2H3/b8-6+/t17-,25+/m0/s1. The van der Waals surface area contributed by atoms with Gasteiger partial charge in [0.05, 0.1) is 11.4 Å². The molecule has 2 heterocycles. The summed E-state index contributed by atoms with van der Waals surface area (Å²) in [5.41, 5.74) is 0.352. The van der Waals surface area contributed by atoms with Crippen molar-refractivity contribution in [1.29, 1.82) is 0 Å². The molecule has 166 valence electrons. The third-order valence-electron chi connectivity index (χ3n) is 5.91. The summed E-state index contributed by atoms with van der Waals surface area (Å²) in [6.45, 7) is 5.62. The lowest BCUT2D eigenvalue weighted by Gasteiger charge is -2.31. The largest absolute Gasteiger partial charge is 0.482 e. The fourth-order valence-electron chi connectivity index (χ4n) is 4.28. The van der Waals surface area contributed by atoms with Crippen molar-refractivity contribution in [2.45, 2.75) is 18.9 Å². The highest BCUT2D eigenvalue weighted by molar-refractivity contribution is 6.09. The molecule has 2 aliphatic rings. The van der Waals surface area contributed by atoms with Crippen LogP contribution in [0.15, 0.2) is 67.3 Å². The highest BCUT2D eigenvalue weighted by atomic mass is 16.5. The number of hydrogen-bond acceptors (Lipinski definition) is 5. The monoisotopic (exact) mass is 434 g/mol. The second-order valence-corrected chi connectivity index (χ2v) is 7.89. The number of amides is 2. The van der Waals surface area contributed by atoms with E-state index < -0.39 is 17.4 Å². The summed E-state index contributed by atoms with van der Waals surface area (Å²) in [7, 11) is 0. The molecule has 0 aromatic heterocycles. The van der Waals surface area contributed by atoms with Gasteiger partial charge in [-0.25, -0.2) is 0 Å². The second kappa shape index (κ2) is 8.61. The number of carbonyl (C=O) groups is 2. The predicted molar refractivity (Wildman–Crippen MR) is 122 cm³/mol. The number of benzene rings is 2. The molecule has 0 spiro atoms. The van der Waals surface area contributed by atoms with Crippen LogP contribution in [-0.4, -0.2) is 41.8 Å². The molecule has 0 saturated carbocycles. The number of rotatable bonds is 7. The van der Waals surface area contributed by atoms with Gasteiger partial charge in [0.15, 0.2) is 12.2 Å². The highest BCUT2D eigenvalue weighted by Gasteiger charge is 2.52. The molecule has 2 atom stereocenters. The number of nitrogens with zero attached hydrogens (tertiary/aromatic N) is 2. The SMILES string of the molecule is C=CCN1C(=O)[C@@](O)([C@@H](C)/C=C/CCO)c2cc(N3C(=O)COc4ccccc43)ccc21. The zero-order chi connectivity index (χ0) is 22.9. The Bertz CT molecular complexity index is 1100. The summed E-state index contributed by atoms with van der Waals surface area (Å²) in [6, 6.07) is 12.5. The van der Waals surface area contributed by atoms with E-state index in [0.29, 0.717) is 34.8 Å². The number of aliphatic hydroxyl groups is 2. The maximum Gasteiger partial charge on any atom is 0.269 e. The van der Waals surface area contributed by atoms with Crippen molar-refractivity contribution in [3.8, 4) is 5.75 Å². The first-order chi connectivity index (χ1) is 15.4. The number of fused-ring (bicyclic) bond motifs is 2. The molecule has 4 rings (SSSR count). The topological polar surface area (TPSA) is 90.3 Å². The van der Waals surface area contributed by atoms with Crippen molar-refractivity contribution in [3.63, 3.8) is 0 Å². The predicted octanol–water partition coefficient (Wildman–Crippen LogP) is 3.04. The summed E-state index contributed by atoms with van der Waals surface area (Å²) < 4.78 is 5.54. The molecule has 2 aromatic carbocycles. The van der Waals surface area contributed by atoms with E-state index in [1.807, 2.05) is 12.1 Å². The third-order valence-corrected chi connectivity index (χ3v) is 5.91. The number of ether oxygens (including phenoxy) is 1. The van der Waals surface area contributed by atoms with Crippen LogP contribution in [0.1, 0.15) is 18.9 Å². The van der Waals surface area contributed by atoms with Gasteiger partial charge in [-0.1, -0.05) is 37.3 Å². The smallest absolute Gasteiger partial charge is 0.269 e. The van der Waals surface area contributed by atoms with E-state index in [0.717, 1.165) is 0 Å². The first kappa shape index (κ1) is 21.8. The molecule has 0 fully saturated rings. The van der Waals surface area contributed by atoms with Crippen molar-refractivity contribution in [2.24, 2.45) is 5.92 Å². The first-order valence-corrected chi connectivity index (χ1v) is 10.6. The van der Waals surface area contributed by atoms with Crippen LogP contribution in [0.4, 0.5) is 17.1 Å². The van der Waals surface area contributed by atoms with Gasteiger partial charge in [0.2, 0.25) is 0 Å². The van der Waals surface area contributed by atoms with E-state index in [1.54, 1.807) is 60.4 Å². The number of aliphatic hydroxyl groups excluding tert-OH is 1. The lowest BCUT2D eigenvalue weighted by molar-refractivity contribution is -0.139. The molecular weight excluding hydrogens is 408 g/mol. The molecule has 2 amide bonds. The van der Waals surface area contributed by atoms with Crippen LogP contribution >= 0.6 is 0 Å². The molecule has 2 aliphatic heterocycles. The fraction of sp³-hybridized carbons (Fsp3) is 0.280. The van der Waals surface area contributed by atoms with Gasteiger partial charge in [0, 0.05) is 30.3 Å². The maximum absolute atomic E-state index is 13.3. The van der Waals surface area contributed by atoms with E-state index in [1.165, 1.54) is 4.90 Å². The minimum Gasteiger partial charge on any atom is -0.482 e. The Morgan fingerprint density at radius 1 is 1.22 bits per heavy atom. The lowest BCUT2D eigenvalue weighted by Crippen LogP contribution is -2.44. The Kier molecular flexibility index (Phi) is 5.86. The summed E-state index contributed by atoms with van der Waals surface area (Å²) in [4.78, 5) is 29.2. The minimum absolute atomic E-state index is 0.0164. The van der Waals surface area contributed by atoms with Crippen molar-refractivity contribution in [2.75, 3.05) is 29.6 Å². The van der Waals surface area contributed by atoms with Gasteiger partial charge in [0.25, 0.3) is 11.8 Å². The fourth-order valence-corrected chi connectivity index (χ4v) is 4.28. The van der Waals surface area contributed by atoms with Crippen molar-refractivity contribution < 1.29 is 24.5 Å². The number of carbonyl (C=O) groups excluding carboxylic acids is 2. The van der Waals surface area contributed by atoms with Gasteiger partial charge in [-0.3, -0.25) is 14.5 Å². The van der Waals surface area contributed by atoms with Gasteiger partial charge in [-0.2, -0.15) is 0 Å². The van der Waals surface area contributed by atoms with Gasteiger partial charge in [0.1, 0.15) is 5.75 Å². The molecule has 0 bridgehead atoms. The number of para-hydroxylation sites is 2. The number of anilines is 3. The van der Waals surface area contributed by atoms with E-state index in [9.17, 15) is 14.7 Å². The van der Waals surface area contributed by atoms with Gasteiger partial charge in [-0.15, -0.1) is 6.58 Å². The molecule has 0 aliphatic carbocycles. The quantitative estimate of drug-likeness (QED) is 0.654. The van der Waals surface area contributed by atoms with E-state index in [-0.39, 0.29) is 25.7 Å². The van der Waals surface area contributed by atoms with Crippen LogP contribution in [0, 0.1) is 5.92 Å². The Morgan fingerprint density at radius 2 is 2.00 bits per heavy atom. The molecule has 2 aromatic rings. The molecule has 2 N–H and O–H groups in total. The Balaban J connectivity index is 1.83. The molecule has 32 heavy (non-hydrogen) atoms. The molecule has 0 radical (unpaired) electrons. The summed E-state index contributed by atoms with van der Waals surface area (Å²) in [5, 5.41) is 20.8. The maximum atomic E-state index is 13.3. The summed E-state index contributed by atoms with van der Waals surface area (Å²) in [5.74, 6) is -0.652. The van der Waals surface area contributed by atoms with Crippen molar-refractivity contribution >= 4 is 28.9 Å². The number of hydrogen-bond donors (Lipinski definition) is 2. The average molecular weight is 434 g/mol. The van der Waals surface area contributed by atoms with Crippen LogP contribution in [0.25, 0.3) is 0 Å². The normalized spacial score (nSPS) is 20.8. The molecule has 7 nitrogen and oxygen atoms in total. The van der Waals surface area contributed by atoms with Gasteiger partial charge >= 0.3 is 0 Å². The van der Waals surface area contributed by atoms with Crippen molar-refractivity contribution in [1.82, 2.24) is 0 Å². The van der Waals surface area contributed by atoms with Crippen LogP contribution in [0.5, 0.6) is 5.75 Å².